The normalized spacial score (nSPS) is 18.7. The van der Waals surface area contributed by atoms with Gasteiger partial charge in [0.15, 0.2) is 0 Å². The van der Waals surface area contributed by atoms with Gasteiger partial charge < -0.3 is 10.2 Å². The molecule has 1 aliphatic carbocycles. The Bertz CT molecular complexity index is 476. The van der Waals surface area contributed by atoms with Crippen LogP contribution in [0.5, 0.6) is 0 Å². The first-order valence-electron chi connectivity index (χ1n) is 7.22. The number of hydrogen-bond donors (Lipinski definition) is 1. The summed E-state index contributed by atoms with van der Waals surface area (Å²) >= 11 is 0. The van der Waals surface area contributed by atoms with E-state index in [0.717, 1.165) is 43.0 Å². The monoisotopic (exact) mass is 259 g/mol. The number of pyridine rings is 1. The Morgan fingerprint density at radius 1 is 1.37 bits per heavy atom. The summed E-state index contributed by atoms with van der Waals surface area (Å²) in [4.78, 5) is 18.6. The Labute approximate surface area is 114 Å². The third-order valence-electron chi connectivity index (χ3n) is 3.84. The van der Waals surface area contributed by atoms with Gasteiger partial charge in [-0.25, -0.2) is 4.98 Å². The van der Waals surface area contributed by atoms with Gasteiger partial charge in [0.05, 0.1) is 0 Å². The molecule has 0 unspecified atom stereocenters. The van der Waals surface area contributed by atoms with Gasteiger partial charge in [-0.05, 0) is 50.3 Å². The van der Waals surface area contributed by atoms with Gasteiger partial charge in [-0.15, -0.1) is 0 Å². The largest absolute Gasteiger partial charge is 0.357 e. The Kier molecular flexibility index (Phi) is 3.40. The molecule has 0 aromatic carbocycles. The molecule has 0 spiro atoms. The van der Waals surface area contributed by atoms with Gasteiger partial charge in [-0.3, -0.25) is 4.79 Å². The topological polar surface area (TPSA) is 45.2 Å². The van der Waals surface area contributed by atoms with E-state index in [1.54, 1.807) is 0 Å². The maximum absolute atomic E-state index is 11.7. The molecule has 0 bridgehead atoms. The van der Waals surface area contributed by atoms with Crippen molar-refractivity contribution in [3.63, 3.8) is 0 Å². The molecule has 1 amide bonds. The minimum Gasteiger partial charge on any atom is -0.357 e. The third kappa shape index (κ3) is 3.06. The van der Waals surface area contributed by atoms with Crippen molar-refractivity contribution < 1.29 is 4.79 Å². The molecule has 4 heteroatoms. The van der Waals surface area contributed by atoms with Gasteiger partial charge in [0.1, 0.15) is 5.82 Å². The zero-order valence-electron chi connectivity index (χ0n) is 11.5. The van der Waals surface area contributed by atoms with Crippen molar-refractivity contribution in [2.75, 3.05) is 18.0 Å². The number of amides is 1. The Hall–Kier alpha value is -1.58. The second kappa shape index (κ2) is 5.19. The molecule has 2 aliphatic rings. The quantitative estimate of drug-likeness (QED) is 0.899. The van der Waals surface area contributed by atoms with E-state index in [0.29, 0.717) is 6.54 Å². The van der Waals surface area contributed by atoms with Gasteiger partial charge in [-0.2, -0.15) is 0 Å². The summed E-state index contributed by atoms with van der Waals surface area (Å²) in [6.45, 7) is 4.85. The van der Waals surface area contributed by atoms with Crippen LogP contribution in [0.4, 0.5) is 5.82 Å². The van der Waals surface area contributed by atoms with E-state index < -0.39 is 0 Å². The van der Waals surface area contributed by atoms with E-state index in [4.69, 9.17) is 0 Å². The van der Waals surface area contributed by atoms with Crippen LogP contribution in [0, 0.1) is 12.8 Å². The average Bonchev–Trinajstić information content (AvgIpc) is 3.10. The predicted molar refractivity (Wildman–Crippen MR) is 75.0 cm³/mol. The number of nitrogens with one attached hydrogen (secondary N) is 1. The molecule has 1 N–H and O–H groups in total. The van der Waals surface area contributed by atoms with E-state index >= 15 is 0 Å². The zero-order valence-corrected chi connectivity index (χ0v) is 11.5. The Morgan fingerprint density at radius 2 is 2.11 bits per heavy atom. The first kappa shape index (κ1) is 12.5. The lowest BCUT2D eigenvalue weighted by Gasteiger charge is -2.18. The second-order valence-electron chi connectivity index (χ2n) is 5.66. The number of aryl methyl sites for hydroxylation is 1. The Morgan fingerprint density at radius 3 is 2.79 bits per heavy atom. The van der Waals surface area contributed by atoms with Crippen LogP contribution in [0.25, 0.3) is 0 Å². The molecule has 4 nitrogen and oxygen atoms in total. The van der Waals surface area contributed by atoms with Crippen LogP contribution in [0.2, 0.25) is 0 Å². The van der Waals surface area contributed by atoms with Gasteiger partial charge in [0.25, 0.3) is 0 Å². The summed E-state index contributed by atoms with van der Waals surface area (Å²) in [5, 5.41) is 3.02. The maximum Gasteiger partial charge on any atom is 0.223 e. The lowest BCUT2D eigenvalue weighted by atomic mass is 10.2. The minimum absolute atomic E-state index is 0.206. The fourth-order valence-corrected chi connectivity index (χ4v) is 2.61. The lowest BCUT2D eigenvalue weighted by Crippen LogP contribution is -2.25. The van der Waals surface area contributed by atoms with Crippen molar-refractivity contribution in [2.45, 2.75) is 39.2 Å². The van der Waals surface area contributed by atoms with Crippen LogP contribution in [-0.4, -0.2) is 24.0 Å². The standard InChI is InChI=1S/C15H21N3O/c1-11-8-12(10-16-15(19)13-4-5-13)9-14(17-11)18-6-2-3-7-18/h8-9,13H,2-7,10H2,1H3,(H,16,19). The molecular formula is C15H21N3O. The molecule has 0 atom stereocenters. The number of carbonyl (C=O) groups is 1. The van der Waals surface area contributed by atoms with Crippen molar-refractivity contribution in [3.8, 4) is 0 Å². The summed E-state index contributed by atoms with van der Waals surface area (Å²) in [6, 6.07) is 4.18. The zero-order chi connectivity index (χ0) is 13.2. The molecule has 1 aromatic heterocycles. The SMILES string of the molecule is Cc1cc(CNC(=O)C2CC2)cc(N2CCCC2)n1. The molecule has 1 saturated heterocycles. The molecule has 1 aliphatic heterocycles. The minimum atomic E-state index is 0.206. The molecule has 1 aromatic rings. The molecule has 2 heterocycles. The summed E-state index contributed by atoms with van der Waals surface area (Å²) in [5.41, 5.74) is 2.18. The molecule has 19 heavy (non-hydrogen) atoms. The van der Waals surface area contributed by atoms with E-state index in [1.807, 2.05) is 6.92 Å². The van der Waals surface area contributed by atoms with Crippen molar-refractivity contribution in [3.05, 3.63) is 23.4 Å². The molecule has 2 fully saturated rings. The van der Waals surface area contributed by atoms with Crippen LogP contribution in [0.1, 0.15) is 36.9 Å². The highest BCUT2D eigenvalue weighted by Gasteiger charge is 2.29. The number of aromatic nitrogens is 1. The molecular weight excluding hydrogens is 238 g/mol. The first-order chi connectivity index (χ1) is 9.22. The highest BCUT2D eigenvalue weighted by atomic mass is 16.2. The van der Waals surface area contributed by atoms with Gasteiger partial charge in [0.2, 0.25) is 5.91 Å². The smallest absolute Gasteiger partial charge is 0.223 e. The summed E-state index contributed by atoms with van der Waals surface area (Å²) in [5.74, 6) is 1.55. The third-order valence-corrected chi connectivity index (χ3v) is 3.84. The highest BCUT2D eigenvalue weighted by Crippen LogP contribution is 2.29. The van der Waals surface area contributed by atoms with Crippen LogP contribution in [0.15, 0.2) is 12.1 Å². The van der Waals surface area contributed by atoms with Crippen LogP contribution in [0.3, 0.4) is 0 Å². The van der Waals surface area contributed by atoms with Crippen LogP contribution in [-0.2, 0) is 11.3 Å². The summed E-state index contributed by atoms with van der Waals surface area (Å²) < 4.78 is 0. The van der Waals surface area contributed by atoms with Crippen molar-refractivity contribution in [2.24, 2.45) is 5.92 Å². The highest BCUT2D eigenvalue weighted by molar-refractivity contribution is 5.80. The number of nitrogens with zero attached hydrogens (tertiary/aromatic N) is 2. The fraction of sp³-hybridized carbons (Fsp3) is 0.600. The van der Waals surface area contributed by atoms with E-state index in [2.05, 4.69) is 27.3 Å². The molecule has 102 valence electrons. The maximum atomic E-state index is 11.7. The van der Waals surface area contributed by atoms with Crippen LogP contribution < -0.4 is 10.2 Å². The number of carbonyl (C=O) groups excluding carboxylic acids is 1. The molecule has 3 rings (SSSR count). The number of rotatable bonds is 4. The van der Waals surface area contributed by atoms with E-state index in [1.165, 1.54) is 12.8 Å². The van der Waals surface area contributed by atoms with Crippen molar-refractivity contribution in [1.29, 1.82) is 0 Å². The molecule has 1 saturated carbocycles. The Balaban J connectivity index is 1.67. The summed E-state index contributed by atoms with van der Waals surface area (Å²) in [6.07, 6.45) is 4.62. The lowest BCUT2D eigenvalue weighted by molar-refractivity contribution is -0.122. The molecule has 0 radical (unpaired) electrons. The van der Waals surface area contributed by atoms with E-state index in [-0.39, 0.29) is 11.8 Å². The predicted octanol–water partition coefficient (Wildman–Crippen LogP) is 2.02. The summed E-state index contributed by atoms with van der Waals surface area (Å²) in [7, 11) is 0. The van der Waals surface area contributed by atoms with Crippen molar-refractivity contribution >= 4 is 11.7 Å². The first-order valence-corrected chi connectivity index (χ1v) is 7.22. The average molecular weight is 259 g/mol. The van der Waals surface area contributed by atoms with Gasteiger partial charge in [0, 0.05) is 31.2 Å². The van der Waals surface area contributed by atoms with Gasteiger partial charge in [-0.1, -0.05) is 0 Å². The van der Waals surface area contributed by atoms with Crippen molar-refractivity contribution in [1.82, 2.24) is 10.3 Å². The number of hydrogen-bond acceptors (Lipinski definition) is 3. The fourth-order valence-electron chi connectivity index (χ4n) is 2.61. The van der Waals surface area contributed by atoms with E-state index in [9.17, 15) is 4.79 Å². The second-order valence-corrected chi connectivity index (χ2v) is 5.66. The van der Waals surface area contributed by atoms with Crippen LogP contribution >= 0.6 is 0 Å². The number of anilines is 1. The van der Waals surface area contributed by atoms with Gasteiger partial charge >= 0.3 is 0 Å².